The summed E-state index contributed by atoms with van der Waals surface area (Å²) in [5.41, 5.74) is 2.01. The minimum absolute atomic E-state index is 0.0898. The molecule has 1 fully saturated rings. The molecule has 8 heteroatoms. The van der Waals surface area contributed by atoms with Crippen LogP contribution >= 0.6 is 24.0 Å². The first-order chi connectivity index (χ1) is 15.0. The van der Waals surface area contributed by atoms with Crippen LogP contribution in [0.5, 0.6) is 11.5 Å². The third-order valence-corrected chi connectivity index (χ3v) is 6.00. The van der Waals surface area contributed by atoms with E-state index in [-0.39, 0.29) is 12.5 Å². The summed E-state index contributed by atoms with van der Waals surface area (Å²) in [6.07, 6.45) is 3.51. The molecule has 2 aromatic rings. The highest BCUT2D eigenvalue weighted by molar-refractivity contribution is 8.26. The van der Waals surface area contributed by atoms with Gasteiger partial charge in [0.1, 0.15) is 4.32 Å². The molecule has 0 radical (unpaired) electrons. The number of aryl methyl sites for hydroxylation is 1. The van der Waals surface area contributed by atoms with E-state index in [4.69, 9.17) is 21.7 Å². The number of methoxy groups -OCH3 is 2. The zero-order chi connectivity index (χ0) is 22.2. The van der Waals surface area contributed by atoms with Crippen LogP contribution in [0.25, 0.3) is 6.08 Å². The van der Waals surface area contributed by atoms with Crippen LogP contribution in [0.4, 0.5) is 0 Å². The first-order valence-electron chi connectivity index (χ1n) is 9.68. The lowest BCUT2D eigenvalue weighted by Gasteiger charge is -2.14. The van der Waals surface area contributed by atoms with Crippen molar-refractivity contribution in [1.29, 1.82) is 0 Å². The van der Waals surface area contributed by atoms with Crippen molar-refractivity contribution in [3.63, 3.8) is 0 Å². The SMILES string of the molecule is COC(=O)COc1ccc(C=C2SC(=S)N(CCCc3ccccc3)C2=O)cc1OC. The topological polar surface area (TPSA) is 65.1 Å². The Morgan fingerprint density at radius 1 is 1.13 bits per heavy atom. The summed E-state index contributed by atoms with van der Waals surface area (Å²) in [5, 5.41) is 0. The molecule has 0 spiro atoms. The molecule has 31 heavy (non-hydrogen) atoms. The highest BCUT2D eigenvalue weighted by Crippen LogP contribution is 2.35. The van der Waals surface area contributed by atoms with Crippen molar-refractivity contribution in [3.8, 4) is 11.5 Å². The van der Waals surface area contributed by atoms with Crippen LogP contribution in [0.2, 0.25) is 0 Å². The molecule has 0 atom stereocenters. The molecule has 1 heterocycles. The van der Waals surface area contributed by atoms with Crippen molar-refractivity contribution in [2.24, 2.45) is 0 Å². The molecule has 1 aliphatic heterocycles. The van der Waals surface area contributed by atoms with E-state index >= 15 is 0 Å². The average Bonchev–Trinajstić information content (AvgIpc) is 3.05. The number of carbonyl (C=O) groups is 2. The summed E-state index contributed by atoms with van der Waals surface area (Å²) in [5.74, 6) is 0.296. The second kappa shape index (κ2) is 11.0. The van der Waals surface area contributed by atoms with E-state index in [9.17, 15) is 9.59 Å². The number of hydrogen-bond acceptors (Lipinski definition) is 7. The maximum absolute atomic E-state index is 12.8. The van der Waals surface area contributed by atoms with E-state index in [0.29, 0.717) is 27.3 Å². The monoisotopic (exact) mass is 457 g/mol. The number of amides is 1. The summed E-state index contributed by atoms with van der Waals surface area (Å²) in [6.45, 7) is 0.369. The van der Waals surface area contributed by atoms with Gasteiger partial charge in [-0.25, -0.2) is 4.79 Å². The molecule has 0 aliphatic carbocycles. The van der Waals surface area contributed by atoms with Gasteiger partial charge in [0.2, 0.25) is 0 Å². The molecule has 1 saturated heterocycles. The van der Waals surface area contributed by atoms with Crippen LogP contribution in [0.3, 0.4) is 0 Å². The van der Waals surface area contributed by atoms with Crippen LogP contribution in [0, 0.1) is 0 Å². The quantitative estimate of drug-likeness (QED) is 0.319. The summed E-state index contributed by atoms with van der Waals surface area (Å²) < 4.78 is 15.9. The standard InChI is InChI=1S/C23H23NO5S2/c1-27-19-13-17(10-11-18(19)29-15-21(25)28-2)14-20-22(26)24(23(30)31-20)12-6-9-16-7-4-3-5-8-16/h3-5,7-8,10-11,13-14H,6,9,12,15H2,1-2H3. The number of thioether (sulfide) groups is 1. The van der Waals surface area contributed by atoms with Gasteiger partial charge in [-0.05, 0) is 42.2 Å². The van der Waals surface area contributed by atoms with Crippen LogP contribution < -0.4 is 9.47 Å². The fraction of sp³-hybridized carbons (Fsp3) is 0.261. The fourth-order valence-corrected chi connectivity index (χ4v) is 4.33. The lowest BCUT2D eigenvalue weighted by molar-refractivity contribution is -0.142. The average molecular weight is 458 g/mol. The minimum Gasteiger partial charge on any atom is -0.493 e. The number of benzene rings is 2. The van der Waals surface area contributed by atoms with Gasteiger partial charge >= 0.3 is 5.97 Å². The Labute approximate surface area is 191 Å². The van der Waals surface area contributed by atoms with E-state index in [2.05, 4.69) is 16.9 Å². The van der Waals surface area contributed by atoms with Crippen molar-refractivity contribution in [3.05, 3.63) is 64.6 Å². The highest BCUT2D eigenvalue weighted by atomic mass is 32.2. The molecule has 162 valence electrons. The molecule has 1 amide bonds. The van der Waals surface area contributed by atoms with E-state index < -0.39 is 5.97 Å². The Morgan fingerprint density at radius 2 is 1.90 bits per heavy atom. The first-order valence-corrected chi connectivity index (χ1v) is 10.9. The summed E-state index contributed by atoms with van der Waals surface area (Å²) >= 11 is 6.71. The van der Waals surface area contributed by atoms with E-state index in [1.165, 1.54) is 31.5 Å². The van der Waals surface area contributed by atoms with Crippen LogP contribution in [0.15, 0.2) is 53.4 Å². The fourth-order valence-electron chi connectivity index (χ4n) is 3.02. The Morgan fingerprint density at radius 3 is 2.61 bits per heavy atom. The predicted molar refractivity (Wildman–Crippen MR) is 125 cm³/mol. The van der Waals surface area contributed by atoms with Crippen molar-refractivity contribution in [2.45, 2.75) is 12.8 Å². The summed E-state index contributed by atoms with van der Waals surface area (Å²) in [6, 6.07) is 15.4. The maximum Gasteiger partial charge on any atom is 0.343 e. The van der Waals surface area contributed by atoms with Gasteiger partial charge in [0.05, 0.1) is 19.1 Å². The van der Waals surface area contributed by atoms with Gasteiger partial charge in [-0.1, -0.05) is 60.4 Å². The second-order valence-corrected chi connectivity index (χ2v) is 8.37. The lowest BCUT2D eigenvalue weighted by Crippen LogP contribution is -2.29. The number of esters is 1. The number of rotatable bonds is 9. The maximum atomic E-state index is 12.8. The smallest absolute Gasteiger partial charge is 0.343 e. The Bertz CT molecular complexity index is 991. The number of thiocarbonyl (C=S) groups is 1. The number of hydrogen-bond donors (Lipinski definition) is 0. The predicted octanol–water partition coefficient (Wildman–Crippen LogP) is 4.08. The van der Waals surface area contributed by atoms with Crippen molar-refractivity contribution in [2.75, 3.05) is 27.4 Å². The van der Waals surface area contributed by atoms with Crippen molar-refractivity contribution < 1.29 is 23.8 Å². The molecule has 2 aromatic carbocycles. The number of nitrogens with zero attached hydrogens (tertiary/aromatic N) is 1. The van der Waals surface area contributed by atoms with Gasteiger partial charge in [-0.2, -0.15) is 0 Å². The first kappa shape index (κ1) is 22.8. The molecule has 0 saturated carbocycles. The Balaban J connectivity index is 1.65. The third-order valence-electron chi connectivity index (χ3n) is 4.62. The lowest BCUT2D eigenvalue weighted by atomic mass is 10.1. The summed E-state index contributed by atoms with van der Waals surface area (Å²) in [7, 11) is 2.81. The van der Waals surface area contributed by atoms with Gasteiger partial charge in [0.25, 0.3) is 5.91 Å². The number of carbonyl (C=O) groups excluding carboxylic acids is 2. The molecular formula is C23H23NO5S2. The zero-order valence-electron chi connectivity index (χ0n) is 17.3. The largest absolute Gasteiger partial charge is 0.493 e. The number of ether oxygens (including phenoxy) is 3. The molecule has 1 aliphatic rings. The molecule has 0 aromatic heterocycles. The molecule has 6 nitrogen and oxygen atoms in total. The normalized spacial score (nSPS) is 14.8. The Hall–Kier alpha value is -2.84. The van der Waals surface area contributed by atoms with E-state index in [0.717, 1.165) is 18.4 Å². The second-order valence-electron chi connectivity index (χ2n) is 6.70. The molecule has 0 unspecified atom stereocenters. The van der Waals surface area contributed by atoms with E-state index in [1.54, 1.807) is 29.2 Å². The van der Waals surface area contributed by atoms with Crippen LogP contribution in [-0.2, 0) is 20.7 Å². The van der Waals surface area contributed by atoms with Gasteiger partial charge in [-0.3, -0.25) is 9.69 Å². The third kappa shape index (κ3) is 6.08. The summed E-state index contributed by atoms with van der Waals surface area (Å²) in [4.78, 5) is 26.3. The van der Waals surface area contributed by atoms with E-state index in [1.807, 2.05) is 18.2 Å². The Kier molecular flexibility index (Phi) is 8.08. The minimum atomic E-state index is -0.484. The molecule has 0 N–H and O–H groups in total. The van der Waals surface area contributed by atoms with Gasteiger partial charge in [-0.15, -0.1) is 0 Å². The zero-order valence-corrected chi connectivity index (χ0v) is 19.0. The van der Waals surface area contributed by atoms with Crippen molar-refractivity contribution in [1.82, 2.24) is 4.90 Å². The molecule has 3 rings (SSSR count). The van der Waals surface area contributed by atoms with Gasteiger partial charge in [0, 0.05) is 6.54 Å². The molecular weight excluding hydrogens is 434 g/mol. The molecule has 0 bridgehead atoms. The van der Waals surface area contributed by atoms with Crippen LogP contribution in [0.1, 0.15) is 17.5 Å². The van der Waals surface area contributed by atoms with Gasteiger partial charge in [0.15, 0.2) is 18.1 Å². The van der Waals surface area contributed by atoms with Crippen LogP contribution in [-0.4, -0.2) is 48.5 Å². The van der Waals surface area contributed by atoms with Gasteiger partial charge < -0.3 is 14.2 Å². The highest BCUT2D eigenvalue weighted by Gasteiger charge is 2.31. The van der Waals surface area contributed by atoms with Crippen molar-refractivity contribution >= 4 is 46.3 Å².